The van der Waals surface area contributed by atoms with Gasteiger partial charge in [-0.25, -0.2) is 0 Å². The van der Waals surface area contributed by atoms with Gasteiger partial charge in [0.05, 0.1) is 0 Å². The summed E-state index contributed by atoms with van der Waals surface area (Å²) in [6.45, 7) is 0.728. The highest BCUT2D eigenvalue weighted by atomic mass is 16.2. The molecule has 4 nitrogen and oxygen atoms in total. The zero-order valence-corrected chi connectivity index (χ0v) is 7.75. The molecule has 0 aliphatic heterocycles. The maximum atomic E-state index is 11.5. The summed E-state index contributed by atoms with van der Waals surface area (Å²) in [6.07, 6.45) is 3.89. The first-order valence-corrected chi connectivity index (χ1v) is 4.72. The lowest BCUT2D eigenvalue weighted by atomic mass is 10.2. The van der Waals surface area contributed by atoms with Crippen molar-refractivity contribution in [1.82, 2.24) is 10.3 Å². The van der Waals surface area contributed by atoms with Gasteiger partial charge in [-0.15, -0.1) is 0 Å². The van der Waals surface area contributed by atoms with Gasteiger partial charge in [0.15, 0.2) is 0 Å². The standard InChI is InChI=1S/C10H12N2O2/c13-9-5-8(3-4-11-9)10(14)12-6-7-1-2-7/h3-5,7H,1-2,6H2,(H,11,13)(H,12,14). The Balaban J connectivity index is 1.98. The predicted octanol–water partition coefficient (Wildman–Crippen LogP) is 0.515. The number of hydrogen-bond donors (Lipinski definition) is 2. The number of carbonyl (C=O) groups excluding carboxylic acids is 1. The third kappa shape index (κ3) is 2.22. The van der Waals surface area contributed by atoms with Crippen molar-refractivity contribution < 1.29 is 4.79 Å². The number of aromatic nitrogens is 1. The van der Waals surface area contributed by atoms with Crippen LogP contribution in [0.25, 0.3) is 0 Å². The molecular formula is C10H12N2O2. The summed E-state index contributed by atoms with van der Waals surface area (Å²) in [5.41, 5.74) is 0.179. The lowest BCUT2D eigenvalue weighted by molar-refractivity contribution is 0.0951. The van der Waals surface area contributed by atoms with Gasteiger partial charge in [0.25, 0.3) is 5.91 Å². The van der Waals surface area contributed by atoms with Crippen molar-refractivity contribution in [3.63, 3.8) is 0 Å². The summed E-state index contributed by atoms with van der Waals surface area (Å²) in [5, 5.41) is 2.80. The fourth-order valence-corrected chi connectivity index (χ4v) is 1.25. The molecule has 74 valence electrons. The van der Waals surface area contributed by atoms with E-state index in [1.807, 2.05) is 0 Å². The van der Waals surface area contributed by atoms with E-state index in [9.17, 15) is 9.59 Å². The Bertz CT molecular complexity index is 393. The SMILES string of the molecule is O=C(NCC1CC1)c1cc[nH]c(=O)c1. The van der Waals surface area contributed by atoms with Gasteiger partial charge in [0.2, 0.25) is 5.56 Å². The Morgan fingerprint density at radius 3 is 3.00 bits per heavy atom. The Morgan fingerprint density at radius 1 is 1.57 bits per heavy atom. The van der Waals surface area contributed by atoms with Crippen LogP contribution in [-0.2, 0) is 0 Å². The first-order valence-electron chi connectivity index (χ1n) is 4.72. The maximum absolute atomic E-state index is 11.5. The van der Waals surface area contributed by atoms with E-state index in [0.29, 0.717) is 11.5 Å². The molecule has 1 saturated carbocycles. The molecule has 2 rings (SSSR count). The molecule has 0 spiro atoms. The van der Waals surface area contributed by atoms with Crippen LogP contribution in [-0.4, -0.2) is 17.4 Å². The van der Waals surface area contributed by atoms with Crippen LogP contribution in [0.2, 0.25) is 0 Å². The first kappa shape index (κ1) is 8.99. The molecule has 1 aliphatic carbocycles. The predicted molar refractivity (Wildman–Crippen MR) is 52.1 cm³/mol. The number of aromatic amines is 1. The van der Waals surface area contributed by atoms with Gasteiger partial charge >= 0.3 is 0 Å². The quantitative estimate of drug-likeness (QED) is 0.733. The van der Waals surface area contributed by atoms with E-state index in [-0.39, 0.29) is 11.5 Å². The lowest BCUT2D eigenvalue weighted by Crippen LogP contribution is -2.26. The molecule has 0 atom stereocenters. The van der Waals surface area contributed by atoms with Crippen molar-refractivity contribution in [2.75, 3.05) is 6.54 Å². The second kappa shape index (κ2) is 3.65. The van der Waals surface area contributed by atoms with Crippen LogP contribution in [0.15, 0.2) is 23.1 Å². The van der Waals surface area contributed by atoms with Gasteiger partial charge in [-0.3, -0.25) is 9.59 Å². The normalized spacial score (nSPS) is 15.1. The third-order valence-electron chi connectivity index (χ3n) is 2.29. The van der Waals surface area contributed by atoms with Crippen LogP contribution in [0.3, 0.4) is 0 Å². The molecule has 4 heteroatoms. The fourth-order valence-electron chi connectivity index (χ4n) is 1.25. The van der Waals surface area contributed by atoms with Crippen molar-refractivity contribution in [3.05, 3.63) is 34.2 Å². The van der Waals surface area contributed by atoms with E-state index in [2.05, 4.69) is 10.3 Å². The summed E-state index contributed by atoms with van der Waals surface area (Å²) >= 11 is 0. The number of nitrogens with one attached hydrogen (secondary N) is 2. The molecule has 0 bridgehead atoms. The highest BCUT2D eigenvalue weighted by Gasteiger charge is 2.21. The minimum absolute atomic E-state index is 0.164. The van der Waals surface area contributed by atoms with E-state index in [0.717, 1.165) is 6.54 Å². The second-order valence-electron chi connectivity index (χ2n) is 3.60. The number of H-pyrrole nitrogens is 1. The van der Waals surface area contributed by atoms with Gasteiger partial charge in [0, 0.05) is 24.4 Å². The summed E-state index contributed by atoms with van der Waals surface area (Å²) in [6, 6.07) is 2.91. The van der Waals surface area contributed by atoms with Gasteiger partial charge in [-0.1, -0.05) is 0 Å². The van der Waals surface area contributed by atoms with Crippen molar-refractivity contribution in [3.8, 4) is 0 Å². The molecule has 0 unspecified atom stereocenters. The molecule has 1 fully saturated rings. The van der Waals surface area contributed by atoms with Crippen LogP contribution in [0.4, 0.5) is 0 Å². The molecule has 1 amide bonds. The lowest BCUT2D eigenvalue weighted by Gasteiger charge is -2.02. The molecule has 0 saturated heterocycles. The number of amides is 1. The van der Waals surface area contributed by atoms with E-state index in [1.54, 1.807) is 6.07 Å². The van der Waals surface area contributed by atoms with Crippen molar-refractivity contribution in [2.45, 2.75) is 12.8 Å². The van der Waals surface area contributed by atoms with E-state index < -0.39 is 0 Å². The summed E-state index contributed by atoms with van der Waals surface area (Å²) in [7, 11) is 0. The van der Waals surface area contributed by atoms with Crippen molar-refractivity contribution >= 4 is 5.91 Å². The van der Waals surface area contributed by atoms with Gasteiger partial charge in [0.1, 0.15) is 0 Å². The number of rotatable bonds is 3. The minimum atomic E-state index is -0.246. The van der Waals surface area contributed by atoms with Crippen LogP contribution in [0.1, 0.15) is 23.2 Å². The Kier molecular flexibility index (Phi) is 2.35. The zero-order valence-electron chi connectivity index (χ0n) is 7.75. The second-order valence-corrected chi connectivity index (χ2v) is 3.60. The Labute approximate surface area is 81.3 Å². The molecule has 1 heterocycles. The largest absolute Gasteiger partial charge is 0.352 e. The Hall–Kier alpha value is -1.58. The van der Waals surface area contributed by atoms with Crippen LogP contribution in [0.5, 0.6) is 0 Å². The molecule has 1 aliphatic rings. The van der Waals surface area contributed by atoms with Crippen molar-refractivity contribution in [2.24, 2.45) is 5.92 Å². The number of carbonyl (C=O) groups is 1. The van der Waals surface area contributed by atoms with E-state index in [1.165, 1.54) is 25.1 Å². The summed E-state index contributed by atoms with van der Waals surface area (Å²) in [4.78, 5) is 24.8. The molecule has 1 aromatic rings. The topological polar surface area (TPSA) is 62.0 Å². The monoisotopic (exact) mass is 192 g/mol. The molecular weight excluding hydrogens is 180 g/mol. The summed E-state index contributed by atoms with van der Waals surface area (Å²) in [5.74, 6) is 0.490. The van der Waals surface area contributed by atoms with Crippen LogP contribution < -0.4 is 10.9 Å². The van der Waals surface area contributed by atoms with Crippen molar-refractivity contribution in [1.29, 1.82) is 0 Å². The average Bonchev–Trinajstić information content (AvgIpc) is 2.97. The maximum Gasteiger partial charge on any atom is 0.251 e. The minimum Gasteiger partial charge on any atom is -0.352 e. The molecule has 0 radical (unpaired) electrons. The van der Waals surface area contributed by atoms with Gasteiger partial charge in [-0.05, 0) is 24.8 Å². The molecule has 2 N–H and O–H groups in total. The first-order chi connectivity index (χ1) is 6.75. The molecule has 14 heavy (non-hydrogen) atoms. The van der Waals surface area contributed by atoms with Gasteiger partial charge in [-0.2, -0.15) is 0 Å². The van der Waals surface area contributed by atoms with E-state index in [4.69, 9.17) is 0 Å². The number of pyridine rings is 1. The highest BCUT2D eigenvalue weighted by molar-refractivity contribution is 5.93. The zero-order chi connectivity index (χ0) is 9.97. The highest BCUT2D eigenvalue weighted by Crippen LogP contribution is 2.27. The van der Waals surface area contributed by atoms with Crippen LogP contribution >= 0.6 is 0 Å². The third-order valence-corrected chi connectivity index (χ3v) is 2.29. The van der Waals surface area contributed by atoms with Crippen LogP contribution in [0, 0.1) is 5.92 Å². The Morgan fingerprint density at radius 2 is 2.36 bits per heavy atom. The molecule has 0 aromatic carbocycles. The molecule has 1 aromatic heterocycles. The van der Waals surface area contributed by atoms with Gasteiger partial charge < -0.3 is 10.3 Å². The average molecular weight is 192 g/mol. The fraction of sp³-hybridized carbons (Fsp3) is 0.400. The van der Waals surface area contributed by atoms with E-state index >= 15 is 0 Å². The number of hydrogen-bond acceptors (Lipinski definition) is 2. The smallest absolute Gasteiger partial charge is 0.251 e. The summed E-state index contributed by atoms with van der Waals surface area (Å²) < 4.78 is 0.